The molecule has 5 nitrogen and oxygen atoms in total. The van der Waals surface area contributed by atoms with E-state index in [4.69, 9.17) is 9.47 Å². The van der Waals surface area contributed by atoms with Gasteiger partial charge in [-0.25, -0.2) is 0 Å². The molecule has 1 amide bonds. The van der Waals surface area contributed by atoms with Crippen LogP contribution in [0.1, 0.15) is 44.2 Å². The zero-order chi connectivity index (χ0) is 17.5. The van der Waals surface area contributed by atoms with Crippen LogP contribution in [-0.4, -0.2) is 55.9 Å². The topological polar surface area (TPSA) is 50.8 Å². The van der Waals surface area contributed by atoms with Crippen LogP contribution in [0.3, 0.4) is 0 Å². The molecule has 1 atom stereocenters. The minimum atomic E-state index is -0.112. The van der Waals surface area contributed by atoms with Crippen LogP contribution in [0.25, 0.3) is 0 Å². The Kier molecular flexibility index (Phi) is 6.45. The molecule has 5 heteroatoms. The van der Waals surface area contributed by atoms with Gasteiger partial charge in [-0.3, -0.25) is 9.69 Å². The van der Waals surface area contributed by atoms with Gasteiger partial charge in [0.1, 0.15) is 0 Å². The molecule has 138 valence electrons. The summed E-state index contributed by atoms with van der Waals surface area (Å²) in [6.45, 7) is 6.45. The first kappa shape index (κ1) is 18.4. The van der Waals surface area contributed by atoms with E-state index < -0.39 is 0 Å². The maximum Gasteiger partial charge on any atom is 0.234 e. The third-order valence-electron chi connectivity index (χ3n) is 5.21. The highest BCUT2D eigenvalue weighted by Crippen LogP contribution is 2.29. The standard InChI is InChI=1S/C20H30N2O3/c1-2-6-18(17-7-4-3-5-8-17)21-19(23)15-22-11-14-25-20(16-22)9-12-24-13-10-20/h3-5,7-8,18H,2,6,9-16H2,1H3,(H,21,23). The van der Waals surface area contributed by atoms with E-state index >= 15 is 0 Å². The first-order valence-corrected chi connectivity index (χ1v) is 9.49. The molecule has 0 aliphatic carbocycles. The van der Waals surface area contributed by atoms with E-state index in [-0.39, 0.29) is 17.6 Å². The van der Waals surface area contributed by atoms with Crippen molar-refractivity contribution < 1.29 is 14.3 Å². The molecule has 2 aliphatic heterocycles. The number of nitrogens with zero attached hydrogens (tertiary/aromatic N) is 1. The molecule has 1 aromatic carbocycles. The summed E-state index contributed by atoms with van der Waals surface area (Å²) >= 11 is 0. The number of amides is 1. The summed E-state index contributed by atoms with van der Waals surface area (Å²) in [5, 5.41) is 3.23. The molecule has 0 aromatic heterocycles. The maximum atomic E-state index is 12.6. The van der Waals surface area contributed by atoms with Crippen LogP contribution in [0.2, 0.25) is 0 Å². The van der Waals surface area contributed by atoms with Crippen molar-refractivity contribution in [1.82, 2.24) is 10.2 Å². The number of morpholine rings is 1. The number of carbonyl (C=O) groups excluding carboxylic acids is 1. The lowest BCUT2D eigenvalue weighted by Gasteiger charge is -2.44. The smallest absolute Gasteiger partial charge is 0.234 e. The summed E-state index contributed by atoms with van der Waals surface area (Å²) in [7, 11) is 0. The van der Waals surface area contributed by atoms with Crippen LogP contribution in [0.15, 0.2) is 30.3 Å². The number of nitrogens with one attached hydrogen (secondary N) is 1. The van der Waals surface area contributed by atoms with Gasteiger partial charge < -0.3 is 14.8 Å². The fraction of sp³-hybridized carbons (Fsp3) is 0.650. The molecule has 2 heterocycles. The molecule has 1 N–H and O–H groups in total. The van der Waals surface area contributed by atoms with E-state index in [2.05, 4.69) is 29.3 Å². The van der Waals surface area contributed by atoms with Gasteiger partial charge in [-0.15, -0.1) is 0 Å². The Morgan fingerprint density at radius 3 is 2.72 bits per heavy atom. The molecule has 2 fully saturated rings. The Labute approximate surface area is 150 Å². The van der Waals surface area contributed by atoms with Crippen LogP contribution in [0.5, 0.6) is 0 Å². The van der Waals surface area contributed by atoms with Crippen LogP contribution in [0, 0.1) is 0 Å². The summed E-state index contributed by atoms with van der Waals surface area (Å²) < 4.78 is 11.5. The molecule has 0 bridgehead atoms. The first-order valence-electron chi connectivity index (χ1n) is 9.49. The molecule has 2 saturated heterocycles. The second-order valence-corrected chi connectivity index (χ2v) is 7.17. The Balaban J connectivity index is 1.55. The number of hydrogen-bond acceptors (Lipinski definition) is 4. The summed E-state index contributed by atoms with van der Waals surface area (Å²) in [6.07, 6.45) is 3.85. The minimum absolute atomic E-state index is 0.0942. The largest absolute Gasteiger partial charge is 0.381 e. The Morgan fingerprint density at radius 2 is 2.00 bits per heavy atom. The summed E-state index contributed by atoms with van der Waals surface area (Å²) in [5.74, 6) is 0.103. The van der Waals surface area contributed by atoms with Gasteiger partial charge in [0.25, 0.3) is 0 Å². The highest BCUT2D eigenvalue weighted by Gasteiger charge is 2.38. The van der Waals surface area contributed by atoms with E-state index in [1.54, 1.807) is 0 Å². The predicted molar refractivity (Wildman–Crippen MR) is 97.4 cm³/mol. The zero-order valence-electron chi connectivity index (χ0n) is 15.2. The summed E-state index contributed by atoms with van der Waals surface area (Å²) in [4.78, 5) is 14.9. The van der Waals surface area contributed by atoms with Gasteiger partial charge in [-0.2, -0.15) is 0 Å². The van der Waals surface area contributed by atoms with E-state index in [0.29, 0.717) is 13.2 Å². The third kappa shape index (κ3) is 5.03. The summed E-state index contributed by atoms with van der Waals surface area (Å²) in [6, 6.07) is 10.3. The van der Waals surface area contributed by atoms with E-state index in [0.717, 1.165) is 52.0 Å². The van der Waals surface area contributed by atoms with Gasteiger partial charge in [-0.1, -0.05) is 43.7 Å². The molecule has 25 heavy (non-hydrogen) atoms. The maximum absolute atomic E-state index is 12.6. The number of benzene rings is 1. The van der Waals surface area contributed by atoms with Gasteiger partial charge >= 0.3 is 0 Å². The van der Waals surface area contributed by atoms with Crippen LogP contribution in [-0.2, 0) is 14.3 Å². The van der Waals surface area contributed by atoms with E-state index in [1.165, 1.54) is 5.56 Å². The third-order valence-corrected chi connectivity index (χ3v) is 5.21. The second-order valence-electron chi connectivity index (χ2n) is 7.17. The van der Waals surface area contributed by atoms with Crippen molar-refractivity contribution in [2.24, 2.45) is 0 Å². The van der Waals surface area contributed by atoms with Crippen molar-refractivity contribution in [3.05, 3.63) is 35.9 Å². The van der Waals surface area contributed by atoms with Crippen molar-refractivity contribution in [3.8, 4) is 0 Å². The lowest BCUT2D eigenvalue weighted by atomic mass is 9.92. The van der Waals surface area contributed by atoms with Crippen LogP contribution in [0.4, 0.5) is 0 Å². The van der Waals surface area contributed by atoms with Gasteiger partial charge in [-0.05, 0) is 12.0 Å². The second kappa shape index (κ2) is 8.79. The van der Waals surface area contributed by atoms with Crippen LogP contribution >= 0.6 is 0 Å². The lowest BCUT2D eigenvalue weighted by molar-refractivity contribution is -0.156. The van der Waals surface area contributed by atoms with Crippen molar-refractivity contribution in [2.45, 2.75) is 44.2 Å². The molecule has 0 saturated carbocycles. The SMILES string of the molecule is CCCC(NC(=O)CN1CCOC2(CCOCC2)C1)c1ccccc1. The summed E-state index contributed by atoms with van der Waals surface area (Å²) in [5.41, 5.74) is 1.07. The van der Waals surface area contributed by atoms with E-state index in [1.807, 2.05) is 18.2 Å². The molecule has 1 unspecified atom stereocenters. The molecule has 1 spiro atoms. The van der Waals surface area contributed by atoms with E-state index in [9.17, 15) is 4.79 Å². The number of rotatable bonds is 6. The Bertz CT molecular complexity index is 538. The number of hydrogen-bond donors (Lipinski definition) is 1. The number of carbonyl (C=O) groups is 1. The number of ether oxygens (including phenoxy) is 2. The Morgan fingerprint density at radius 1 is 1.24 bits per heavy atom. The monoisotopic (exact) mass is 346 g/mol. The highest BCUT2D eigenvalue weighted by atomic mass is 16.5. The van der Waals surface area contributed by atoms with Crippen molar-refractivity contribution in [1.29, 1.82) is 0 Å². The minimum Gasteiger partial charge on any atom is -0.381 e. The fourth-order valence-corrected chi connectivity index (χ4v) is 3.84. The molecule has 1 aromatic rings. The predicted octanol–water partition coefficient (Wildman–Crippen LogP) is 2.53. The fourth-order valence-electron chi connectivity index (χ4n) is 3.84. The average molecular weight is 346 g/mol. The quantitative estimate of drug-likeness (QED) is 0.860. The molecule has 3 rings (SSSR count). The van der Waals surface area contributed by atoms with Gasteiger partial charge in [0.2, 0.25) is 5.91 Å². The first-order chi connectivity index (χ1) is 12.2. The lowest BCUT2D eigenvalue weighted by Crippen LogP contribution is -2.56. The normalized spacial score (nSPS) is 21.8. The Hall–Kier alpha value is -1.43. The zero-order valence-corrected chi connectivity index (χ0v) is 15.2. The van der Waals surface area contributed by atoms with Gasteiger partial charge in [0.05, 0.1) is 24.8 Å². The van der Waals surface area contributed by atoms with Gasteiger partial charge in [0.15, 0.2) is 0 Å². The van der Waals surface area contributed by atoms with Crippen LogP contribution < -0.4 is 5.32 Å². The van der Waals surface area contributed by atoms with Crippen molar-refractivity contribution in [3.63, 3.8) is 0 Å². The van der Waals surface area contributed by atoms with Gasteiger partial charge in [0, 0.05) is 39.1 Å². The molecular formula is C20H30N2O3. The molecular weight excluding hydrogens is 316 g/mol. The molecule has 2 aliphatic rings. The average Bonchev–Trinajstić information content (AvgIpc) is 2.63. The highest BCUT2D eigenvalue weighted by molar-refractivity contribution is 5.78. The van der Waals surface area contributed by atoms with Crippen molar-refractivity contribution >= 4 is 5.91 Å². The molecule has 0 radical (unpaired) electrons. The van der Waals surface area contributed by atoms with Crippen molar-refractivity contribution in [2.75, 3.05) is 39.5 Å².